The van der Waals surface area contributed by atoms with Gasteiger partial charge in [0.15, 0.2) is 0 Å². The molecule has 3 heteroatoms. The zero-order valence-corrected chi connectivity index (χ0v) is 10.7. The molecule has 0 amide bonds. The molecule has 1 saturated carbocycles. The van der Waals surface area contributed by atoms with Gasteiger partial charge in [0.25, 0.3) is 0 Å². The molecular weight excluding hydrogens is 202 g/mol. The van der Waals surface area contributed by atoms with Gasteiger partial charge >= 0.3 is 5.97 Å². The predicted octanol–water partition coefficient (Wildman–Crippen LogP) is 2.50. The molecule has 3 atom stereocenters. The molecule has 1 aliphatic carbocycles. The van der Waals surface area contributed by atoms with Crippen LogP contribution in [0, 0.1) is 23.2 Å². The molecule has 3 nitrogen and oxygen atoms in total. The number of carboxylic acid groups (broad SMARTS) is 1. The molecule has 0 aromatic rings. The minimum atomic E-state index is -0.704. The highest BCUT2D eigenvalue weighted by atomic mass is 16.4. The van der Waals surface area contributed by atoms with E-state index in [0.29, 0.717) is 24.3 Å². The third kappa shape index (κ3) is 2.76. The zero-order valence-electron chi connectivity index (χ0n) is 10.7. The van der Waals surface area contributed by atoms with Crippen molar-refractivity contribution in [1.82, 2.24) is 0 Å². The van der Waals surface area contributed by atoms with Crippen molar-refractivity contribution in [3.05, 3.63) is 0 Å². The van der Waals surface area contributed by atoms with Crippen LogP contribution in [0.25, 0.3) is 0 Å². The van der Waals surface area contributed by atoms with Crippen molar-refractivity contribution in [2.24, 2.45) is 28.9 Å². The van der Waals surface area contributed by atoms with Crippen molar-refractivity contribution in [3.63, 3.8) is 0 Å². The summed E-state index contributed by atoms with van der Waals surface area (Å²) < 4.78 is 0. The van der Waals surface area contributed by atoms with E-state index in [1.807, 2.05) is 0 Å². The standard InChI is InChI=1S/C13H25NO2/c1-4-10-5-13(8-14,7-12(15)16)6-11(10)9(2)3/h9-11H,4-8,14H2,1-3H3,(H,15,16)/t10-,11+,13+/m1/s1. The third-order valence-corrected chi connectivity index (χ3v) is 4.31. The predicted molar refractivity (Wildman–Crippen MR) is 65.1 cm³/mol. The Bertz CT molecular complexity index is 252. The Morgan fingerprint density at radius 2 is 2.12 bits per heavy atom. The number of carbonyl (C=O) groups is 1. The fourth-order valence-corrected chi connectivity index (χ4v) is 3.39. The van der Waals surface area contributed by atoms with E-state index in [1.165, 1.54) is 0 Å². The normalized spacial score (nSPS) is 34.6. The number of aliphatic carboxylic acids is 1. The lowest BCUT2D eigenvalue weighted by molar-refractivity contribution is -0.139. The van der Waals surface area contributed by atoms with E-state index in [0.717, 1.165) is 19.3 Å². The zero-order chi connectivity index (χ0) is 12.3. The monoisotopic (exact) mass is 227 g/mol. The number of hydrogen-bond acceptors (Lipinski definition) is 2. The summed E-state index contributed by atoms with van der Waals surface area (Å²) in [7, 11) is 0. The van der Waals surface area contributed by atoms with Gasteiger partial charge in [-0.1, -0.05) is 27.2 Å². The Morgan fingerprint density at radius 1 is 1.50 bits per heavy atom. The van der Waals surface area contributed by atoms with Crippen LogP contribution in [-0.4, -0.2) is 17.6 Å². The Hall–Kier alpha value is -0.570. The highest BCUT2D eigenvalue weighted by Crippen LogP contribution is 2.51. The molecule has 0 aromatic carbocycles. The molecule has 0 heterocycles. The lowest BCUT2D eigenvalue weighted by Gasteiger charge is -2.26. The van der Waals surface area contributed by atoms with Crippen molar-refractivity contribution in [3.8, 4) is 0 Å². The van der Waals surface area contributed by atoms with Crippen LogP contribution < -0.4 is 5.73 Å². The minimum Gasteiger partial charge on any atom is -0.481 e. The van der Waals surface area contributed by atoms with Gasteiger partial charge in [0, 0.05) is 0 Å². The van der Waals surface area contributed by atoms with Gasteiger partial charge in [-0.15, -0.1) is 0 Å². The maximum atomic E-state index is 10.9. The summed E-state index contributed by atoms with van der Waals surface area (Å²) in [6, 6.07) is 0. The van der Waals surface area contributed by atoms with Crippen LogP contribution in [0.15, 0.2) is 0 Å². The van der Waals surface area contributed by atoms with Gasteiger partial charge in [-0.2, -0.15) is 0 Å². The van der Waals surface area contributed by atoms with Crippen LogP contribution in [0.1, 0.15) is 46.5 Å². The summed E-state index contributed by atoms with van der Waals surface area (Å²) in [5, 5.41) is 9.00. The Labute approximate surface area is 98.4 Å². The topological polar surface area (TPSA) is 63.3 Å². The first-order valence-corrected chi connectivity index (χ1v) is 6.36. The van der Waals surface area contributed by atoms with Gasteiger partial charge < -0.3 is 10.8 Å². The van der Waals surface area contributed by atoms with Crippen molar-refractivity contribution in [2.75, 3.05) is 6.54 Å². The summed E-state index contributed by atoms with van der Waals surface area (Å²) >= 11 is 0. The van der Waals surface area contributed by atoms with E-state index in [-0.39, 0.29) is 11.8 Å². The molecule has 0 bridgehead atoms. The largest absolute Gasteiger partial charge is 0.481 e. The minimum absolute atomic E-state index is 0.137. The van der Waals surface area contributed by atoms with E-state index in [9.17, 15) is 4.79 Å². The average molecular weight is 227 g/mol. The molecule has 0 aliphatic heterocycles. The summed E-state index contributed by atoms with van der Waals surface area (Å²) in [6.45, 7) is 7.19. The Kier molecular flexibility index (Phi) is 4.36. The lowest BCUT2D eigenvalue weighted by atomic mass is 9.80. The van der Waals surface area contributed by atoms with Gasteiger partial charge in [0.2, 0.25) is 0 Å². The lowest BCUT2D eigenvalue weighted by Crippen LogP contribution is -2.31. The second kappa shape index (κ2) is 5.17. The molecule has 1 aliphatic rings. The highest BCUT2D eigenvalue weighted by molar-refractivity contribution is 5.67. The summed E-state index contributed by atoms with van der Waals surface area (Å²) in [5.41, 5.74) is 5.70. The van der Waals surface area contributed by atoms with E-state index in [4.69, 9.17) is 10.8 Å². The van der Waals surface area contributed by atoms with Crippen molar-refractivity contribution < 1.29 is 9.90 Å². The molecule has 1 rings (SSSR count). The average Bonchev–Trinajstić information content (AvgIpc) is 2.57. The van der Waals surface area contributed by atoms with E-state index in [1.54, 1.807) is 0 Å². The van der Waals surface area contributed by atoms with Crippen molar-refractivity contribution >= 4 is 5.97 Å². The number of rotatable bonds is 5. The number of carboxylic acids is 1. The van der Waals surface area contributed by atoms with E-state index in [2.05, 4.69) is 20.8 Å². The molecule has 94 valence electrons. The third-order valence-electron chi connectivity index (χ3n) is 4.31. The van der Waals surface area contributed by atoms with E-state index < -0.39 is 5.97 Å². The van der Waals surface area contributed by atoms with Crippen LogP contribution >= 0.6 is 0 Å². The second-order valence-electron chi connectivity index (χ2n) is 5.76. The van der Waals surface area contributed by atoms with Crippen LogP contribution in [-0.2, 0) is 4.79 Å². The summed E-state index contributed by atoms with van der Waals surface area (Å²) in [5.74, 6) is 1.23. The summed E-state index contributed by atoms with van der Waals surface area (Å²) in [6.07, 6.45) is 3.37. The SMILES string of the molecule is CC[C@@H]1C[C@@](CN)(CC(=O)O)C[C@H]1C(C)C. The van der Waals surface area contributed by atoms with Gasteiger partial charge in [-0.3, -0.25) is 4.79 Å². The van der Waals surface area contributed by atoms with Crippen LogP contribution in [0.2, 0.25) is 0 Å². The first-order chi connectivity index (χ1) is 7.44. The van der Waals surface area contributed by atoms with Gasteiger partial charge in [0.05, 0.1) is 6.42 Å². The Balaban J connectivity index is 2.80. The molecular formula is C13H25NO2. The number of nitrogens with two attached hydrogens (primary N) is 1. The molecule has 0 radical (unpaired) electrons. The molecule has 0 saturated heterocycles. The van der Waals surface area contributed by atoms with Crippen molar-refractivity contribution in [1.29, 1.82) is 0 Å². The molecule has 3 N–H and O–H groups in total. The van der Waals surface area contributed by atoms with Crippen LogP contribution in [0.3, 0.4) is 0 Å². The van der Waals surface area contributed by atoms with Crippen LogP contribution in [0.5, 0.6) is 0 Å². The summed E-state index contributed by atoms with van der Waals surface area (Å²) in [4.78, 5) is 10.9. The second-order valence-corrected chi connectivity index (χ2v) is 5.76. The van der Waals surface area contributed by atoms with Gasteiger partial charge in [-0.05, 0) is 42.6 Å². The molecule has 0 unspecified atom stereocenters. The maximum Gasteiger partial charge on any atom is 0.303 e. The smallest absolute Gasteiger partial charge is 0.303 e. The van der Waals surface area contributed by atoms with Crippen LogP contribution in [0.4, 0.5) is 0 Å². The first-order valence-electron chi connectivity index (χ1n) is 6.36. The molecule has 0 spiro atoms. The van der Waals surface area contributed by atoms with Crippen molar-refractivity contribution in [2.45, 2.75) is 46.5 Å². The highest BCUT2D eigenvalue weighted by Gasteiger charge is 2.45. The van der Waals surface area contributed by atoms with Gasteiger partial charge in [0.1, 0.15) is 0 Å². The van der Waals surface area contributed by atoms with Gasteiger partial charge in [-0.25, -0.2) is 0 Å². The fourth-order valence-electron chi connectivity index (χ4n) is 3.39. The van der Waals surface area contributed by atoms with E-state index >= 15 is 0 Å². The number of hydrogen-bond donors (Lipinski definition) is 2. The maximum absolute atomic E-state index is 10.9. The molecule has 0 aromatic heterocycles. The molecule has 16 heavy (non-hydrogen) atoms. The molecule has 1 fully saturated rings. The Morgan fingerprint density at radius 3 is 2.44 bits per heavy atom. The quantitative estimate of drug-likeness (QED) is 0.758. The first kappa shape index (κ1) is 13.5. The fraction of sp³-hybridized carbons (Fsp3) is 0.923.